The van der Waals surface area contributed by atoms with E-state index >= 15 is 0 Å². The molecule has 3 rings (SSSR count). The molecule has 6 heteroatoms. The third-order valence-corrected chi connectivity index (χ3v) is 3.33. The minimum absolute atomic E-state index is 0.0449. The van der Waals surface area contributed by atoms with Crippen molar-refractivity contribution in [3.8, 4) is 0 Å². The lowest BCUT2D eigenvalue weighted by atomic mass is 10.1. The fourth-order valence-corrected chi connectivity index (χ4v) is 2.31. The molecule has 3 N–H and O–H groups in total. The number of nitrogens with zero attached hydrogens (tertiary/aromatic N) is 3. The average molecular weight is 288 g/mol. The minimum Gasteiger partial charge on any atom is -0.382 e. The number of benzene rings is 1. The number of hydrogen-bond donors (Lipinski definition) is 2. The molecule has 0 bridgehead atoms. The van der Waals surface area contributed by atoms with Crippen molar-refractivity contribution in [1.29, 1.82) is 0 Å². The van der Waals surface area contributed by atoms with Gasteiger partial charge in [-0.3, -0.25) is 0 Å². The molecule has 0 amide bonds. The number of fused-ring (bicyclic) bond motifs is 1. The van der Waals surface area contributed by atoms with Crippen LogP contribution in [0.4, 0.5) is 11.6 Å². The summed E-state index contributed by atoms with van der Waals surface area (Å²) >= 11 is 6.01. The van der Waals surface area contributed by atoms with Crippen molar-refractivity contribution in [3.63, 3.8) is 0 Å². The molecule has 2 aromatic heterocycles. The van der Waals surface area contributed by atoms with E-state index in [9.17, 15) is 0 Å². The van der Waals surface area contributed by atoms with Crippen LogP contribution in [-0.4, -0.2) is 14.4 Å². The van der Waals surface area contributed by atoms with E-state index in [0.717, 1.165) is 11.2 Å². The summed E-state index contributed by atoms with van der Waals surface area (Å²) in [5.74, 6) is 1.10. The second-order valence-electron chi connectivity index (χ2n) is 4.59. The number of anilines is 2. The normalized spacial score (nSPS) is 12.5. The number of halogens is 1. The van der Waals surface area contributed by atoms with Crippen molar-refractivity contribution in [3.05, 3.63) is 53.4 Å². The molecule has 0 saturated carbocycles. The van der Waals surface area contributed by atoms with Crippen LogP contribution in [0, 0.1) is 0 Å². The number of imidazole rings is 1. The molecule has 0 aliphatic carbocycles. The van der Waals surface area contributed by atoms with Gasteiger partial charge in [-0.15, -0.1) is 0 Å². The average Bonchev–Trinajstić information content (AvgIpc) is 2.86. The second-order valence-corrected chi connectivity index (χ2v) is 5.03. The lowest BCUT2D eigenvalue weighted by molar-refractivity contribution is 0.873. The fourth-order valence-electron chi connectivity index (χ4n) is 2.11. The maximum absolute atomic E-state index is 6.01. The first kappa shape index (κ1) is 12.7. The summed E-state index contributed by atoms with van der Waals surface area (Å²) in [6.45, 7) is 2.04. The Morgan fingerprint density at radius 2 is 2.25 bits per heavy atom. The zero-order valence-electron chi connectivity index (χ0n) is 10.9. The van der Waals surface area contributed by atoms with Crippen molar-refractivity contribution in [2.45, 2.75) is 13.0 Å². The first-order valence-electron chi connectivity index (χ1n) is 6.24. The molecule has 1 unspecified atom stereocenters. The molecule has 20 heavy (non-hydrogen) atoms. The zero-order valence-corrected chi connectivity index (χ0v) is 11.7. The van der Waals surface area contributed by atoms with E-state index in [-0.39, 0.29) is 6.04 Å². The molecule has 0 aliphatic heterocycles. The van der Waals surface area contributed by atoms with Crippen LogP contribution in [0.3, 0.4) is 0 Å². The predicted octanol–water partition coefficient (Wildman–Crippen LogP) is 3.14. The molecule has 102 valence electrons. The van der Waals surface area contributed by atoms with E-state index in [2.05, 4.69) is 15.3 Å². The van der Waals surface area contributed by atoms with Crippen LogP contribution < -0.4 is 11.1 Å². The highest BCUT2D eigenvalue weighted by Crippen LogP contribution is 2.23. The van der Waals surface area contributed by atoms with Gasteiger partial charge in [-0.25, -0.2) is 9.97 Å². The van der Waals surface area contributed by atoms with Gasteiger partial charge in [0, 0.05) is 17.4 Å². The summed E-state index contributed by atoms with van der Waals surface area (Å²) in [4.78, 5) is 8.59. The Bertz CT molecular complexity index is 752. The fraction of sp³-hybridized carbons (Fsp3) is 0.143. The lowest BCUT2D eigenvalue weighted by Gasteiger charge is -2.16. The van der Waals surface area contributed by atoms with E-state index in [1.807, 2.05) is 41.8 Å². The second kappa shape index (κ2) is 5.02. The van der Waals surface area contributed by atoms with Crippen LogP contribution in [0.2, 0.25) is 5.02 Å². The standard InChI is InChI=1S/C14H14ClN5/c1-9(10-3-2-4-11(15)7-10)18-13-14-17-5-6-20(14)8-12(16)19-13/h2-9H,16H2,1H3,(H,18,19). The predicted molar refractivity (Wildman–Crippen MR) is 80.9 cm³/mol. The van der Waals surface area contributed by atoms with Gasteiger partial charge in [0.2, 0.25) is 0 Å². The Kier molecular flexibility index (Phi) is 3.20. The Balaban J connectivity index is 1.94. The topological polar surface area (TPSA) is 68.2 Å². The summed E-state index contributed by atoms with van der Waals surface area (Å²) < 4.78 is 1.84. The molecule has 0 aliphatic rings. The molecule has 0 radical (unpaired) electrons. The van der Waals surface area contributed by atoms with Crippen molar-refractivity contribution in [2.24, 2.45) is 0 Å². The summed E-state index contributed by atoms with van der Waals surface area (Å²) in [5.41, 5.74) is 7.62. The van der Waals surface area contributed by atoms with Crippen molar-refractivity contribution < 1.29 is 0 Å². The number of rotatable bonds is 3. The highest BCUT2D eigenvalue weighted by Gasteiger charge is 2.11. The number of nitrogen functional groups attached to an aromatic ring is 1. The molecule has 0 saturated heterocycles. The van der Waals surface area contributed by atoms with Crippen LogP contribution in [-0.2, 0) is 0 Å². The van der Waals surface area contributed by atoms with Gasteiger partial charge in [0.15, 0.2) is 11.5 Å². The highest BCUT2D eigenvalue weighted by atomic mass is 35.5. The summed E-state index contributed by atoms with van der Waals surface area (Å²) in [6, 6.07) is 7.76. The van der Waals surface area contributed by atoms with Crippen LogP contribution in [0.1, 0.15) is 18.5 Å². The molecule has 0 spiro atoms. The monoisotopic (exact) mass is 287 g/mol. The van der Waals surface area contributed by atoms with E-state index in [1.165, 1.54) is 0 Å². The number of aromatic nitrogens is 3. The minimum atomic E-state index is 0.0449. The number of hydrogen-bond acceptors (Lipinski definition) is 4. The van der Waals surface area contributed by atoms with E-state index in [0.29, 0.717) is 16.7 Å². The van der Waals surface area contributed by atoms with Gasteiger partial charge in [0.1, 0.15) is 5.82 Å². The van der Waals surface area contributed by atoms with Gasteiger partial charge in [0.05, 0.1) is 12.2 Å². The maximum atomic E-state index is 6.01. The molecule has 0 fully saturated rings. The van der Waals surface area contributed by atoms with Gasteiger partial charge < -0.3 is 15.5 Å². The van der Waals surface area contributed by atoms with Gasteiger partial charge in [-0.1, -0.05) is 23.7 Å². The highest BCUT2D eigenvalue weighted by molar-refractivity contribution is 6.30. The molecule has 1 atom stereocenters. The quantitative estimate of drug-likeness (QED) is 0.776. The molecule has 2 heterocycles. The maximum Gasteiger partial charge on any atom is 0.180 e. The van der Waals surface area contributed by atoms with Crippen LogP contribution in [0.15, 0.2) is 42.9 Å². The van der Waals surface area contributed by atoms with Gasteiger partial charge in [0.25, 0.3) is 0 Å². The van der Waals surface area contributed by atoms with Crippen LogP contribution in [0.25, 0.3) is 5.65 Å². The first-order chi connectivity index (χ1) is 9.63. The summed E-state index contributed by atoms with van der Waals surface area (Å²) in [6.07, 6.45) is 5.28. The molecule has 1 aromatic carbocycles. The summed E-state index contributed by atoms with van der Waals surface area (Å²) in [5, 5.41) is 4.03. The Morgan fingerprint density at radius 3 is 3.05 bits per heavy atom. The molecule has 5 nitrogen and oxygen atoms in total. The molecular weight excluding hydrogens is 274 g/mol. The van der Waals surface area contributed by atoms with Crippen molar-refractivity contribution in [2.75, 3.05) is 11.1 Å². The van der Waals surface area contributed by atoms with E-state index in [1.54, 1.807) is 12.4 Å². The SMILES string of the molecule is CC(Nc1nc(N)cn2ccnc12)c1cccc(Cl)c1. The zero-order chi connectivity index (χ0) is 14.1. The summed E-state index contributed by atoms with van der Waals surface area (Å²) in [7, 11) is 0. The number of nitrogens with one attached hydrogen (secondary N) is 1. The van der Waals surface area contributed by atoms with Gasteiger partial charge >= 0.3 is 0 Å². The third-order valence-electron chi connectivity index (χ3n) is 3.09. The van der Waals surface area contributed by atoms with Gasteiger partial charge in [-0.2, -0.15) is 0 Å². The largest absolute Gasteiger partial charge is 0.382 e. The Morgan fingerprint density at radius 1 is 1.40 bits per heavy atom. The smallest absolute Gasteiger partial charge is 0.180 e. The lowest BCUT2D eigenvalue weighted by Crippen LogP contribution is -2.10. The Labute approximate surface area is 121 Å². The Hall–Kier alpha value is -2.27. The number of nitrogens with two attached hydrogens (primary N) is 1. The van der Waals surface area contributed by atoms with Crippen molar-refractivity contribution in [1.82, 2.24) is 14.4 Å². The van der Waals surface area contributed by atoms with Gasteiger partial charge in [-0.05, 0) is 24.6 Å². The third kappa shape index (κ3) is 2.40. The first-order valence-corrected chi connectivity index (χ1v) is 6.62. The van der Waals surface area contributed by atoms with E-state index < -0.39 is 0 Å². The van der Waals surface area contributed by atoms with Crippen molar-refractivity contribution >= 4 is 28.9 Å². The van der Waals surface area contributed by atoms with E-state index in [4.69, 9.17) is 17.3 Å². The van der Waals surface area contributed by atoms with Crippen LogP contribution in [0.5, 0.6) is 0 Å². The molecule has 3 aromatic rings. The molecular formula is C14H14ClN5. The van der Waals surface area contributed by atoms with Crippen LogP contribution >= 0.6 is 11.6 Å².